The highest BCUT2D eigenvalue weighted by atomic mass is 16.5. The fourth-order valence-electron chi connectivity index (χ4n) is 1.58. The summed E-state index contributed by atoms with van der Waals surface area (Å²) in [5, 5.41) is 11.2. The predicted octanol–water partition coefficient (Wildman–Crippen LogP) is 0.998. The fourth-order valence-corrected chi connectivity index (χ4v) is 1.58. The predicted molar refractivity (Wildman–Crippen MR) is 71.2 cm³/mol. The lowest BCUT2D eigenvalue weighted by Crippen LogP contribution is -2.37. The topological polar surface area (TPSA) is 102 Å². The summed E-state index contributed by atoms with van der Waals surface area (Å²) in [6.45, 7) is 1.99. The van der Waals surface area contributed by atoms with Crippen LogP contribution in [0.15, 0.2) is 18.2 Å². The van der Waals surface area contributed by atoms with E-state index in [1.807, 2.05) is 13.0 Å². The molecule has 0 aliphatic heterocycles. The molecule has 1 aromatic rings. The van der Waals surface area contributed by atoms with Crippen molar-refractivity contribution >= 4 is 17.6 Å². The molecule has 0 aromatic heterocycles. The summed E-state index contributed by atoms with van der Waals surface area (Å²) < 4.78 is 5.13. The second-order valence-corrected chi connectivity index (χ2v) is 4.08. The van der Waals surface area contributed by atoms with Gasteiger partial charge < -0.3 is 20.9 Å². The second kappa shape index (κ2) is 6.75. The van der Waals surface area contributed by atoms with Crippen LogP contribution in [0.1, 0.15) is 18.9 Å². The Labute approximate surface area is 111 Å². The highest BCUT2D eigenvalue weighted by molar-refractivity contribution is 5.97. The van der Waals surface area contributed by atoms with Crippen molar-refractivity contribution in [1.82, 2.24) is 0 Å². The zero-order chi connectivity index (χ0) is 14.4. The number of carboxylic acid groups (broad SMARTS) is 1. The number of carbonyl (C=O) groups is 2. The Kier molecular flexibility index (Phi) is 5.32. The first-order chi connectivity index (χ1) is 8.97. The summed E-state index contributed by atoms with van der Waals surface area (Å²) in [5.74, 6) is -1.15. The van der Waals surface area contributed by atoms with E-state index >= 15 is 0 Å². The van der Waals surface area contributed by atoms with E-state index in [-0.39, 0.29) is 0 Å². The van der Waals surface area contributed by atoms with Crippen LogP contribution in [0.4, 0.5) is 5.69 Å². The number of carbonyl (C=O) groups excluding carboxylic acids is 1. The van der Waals surface area contributed by atoms with Gasteiger partial charge in [0.2, 0.25) is 5.91 Å². The number of hydrogen-bond donors (Lipinski definition) is 3. The molecular weight excluding hydrogens is 248 g/mol. The lowest BCUT2D eigenvalue weighted by atomic mass is 10.1. The quantitative estimate of drug-likeness (QED) is 0.713. The Bertz CT molecular complexity index is 474. The zero-order valence-corrected chi connectivity index (χ0v) is 11.0. The van der Waals surface area contributed by atoms with Gasteiger partial charge in [-0.05, 0) is 24.1 Å². The number of hydrogen-bond acceptors (Lipinski definition) is 4. The molecule has 1 atom stereocenters. The van der Waals surface area contributed by atoms with Gasteiger partial charge in [-0.15, -0.1) is 0 Å². The van der Waals surface area contributed by atoms with Crippen LogP contribution in [0.2, 0.25) is 0 Å². The summed E-state index contributed by atoms with van der Waals surface area (Å²) in [6.07, 6.45) is 0.398. The average Bonchev–Trinajstić information content (AvgIpc) is 2.37. The highest BCUT2D eigenvalue weighted by Gasteiger charge is 2.18. The maximum atomic E-state index is 11.8. The van der Waals surface area contributed by atoms with E-state index in [0.29, 0.717) is 11.4 Å². The smallest absolute Gasteiger partial charge is 0.305 e. The number of benzene rings is 1. The summed E-state index contributed by atoms with van der Waals surface area (Å²) in [6, 6.07) is 4.33. The third-order valence-electron chi connectivity index (χ3n) is 2.66. The van der Waals surface area contributed by atoms with E-state index in [1.165, 1.54) is 7.11 Å². The summed E-state index contributed by atoms with van der Waals surface area (Å²) in [5.41, 5.74) is 7.02. The normalized spacial score (nSPS) is 11.7. The Hall–Kier alpha value is -2.08. The minimum absolute atomic E-state index is 0.415. The van der Waals surface area contributed by atoms with Crippen molar-refractivity contribution in [3.05, 3.63) is 23.8 Å². The third kappa shape index (κ3) is 4.26. The van der Waals surface area contributed by atoms with Crippen LogP contribution < -0.4 is 15.8 Å². The van der Waals surface area contributed by atoms with E-state index in [0.717, 1.165) is 12.0 Å². The van der Waals surface area contributed by atoms with Gasteiger partial charge >= 0.3 is 5.97 Å². The molecule has 0 spiro atoms. The van der Waals surface area contributed by atoms with Crippen LogP contribution in [0.25, 0.3) is 0 Å². The van der Waals surface area contributed by atoms with E-state index in [9.17, 15) is 9.59 Å². The molecule has 0 fully saturated rings. The molecule has 1 aromatic carbocycles. The molecule has 6 heteroatoms. The number of methoxy groups -OCH3 is 1. The SMILES string of the molecule is CCc1ccc(OC)c(NC(=O)C(N)CC(=O)O)c1. The molecule has 1 rings (SSSR count). The number of carboxylic acids is 1. The van der Waals surface area contributed by atoms with Gasteiger partial charge in [-0.3, -0.25) is 9.59 Å². The Balaban J connectivity index is 2.85. The zero-order valence-electron chi connectivity index (χ0n) is 11.0. The molecule has 0 bridgehead atoms. The number of ether oxygens (including phenoxy) is 1. The molecular formula is C13H18N2O4. The first-order valence-electron chi connectivity index (χ1n) is 5.93. The summed E-state index contributed by atoms with van der Waals surface area (Å²) in [7, 11) is 1.49. The molecule has 6 nitrogen and oxygen atoms in total. The average molecular weight is 266 g/mol. The van der Waals surface area contributed by atoms with Crippen molar-refractivity contribution in [1.29, 1.82) is 0 Å². The number of aryl methyl sites for hydroxylation is 1. The Morgan fingerprint density at radius 3 is 2.68 bits per heavy atom. The minimum Gasteiger partial charge on any atom is -0.495 e. The van der Waals surface area contributed by atoms with Gasteiger partial charge in [0.25, 0.3) is 0 Å². The first-order valence-corrected chi connectivity index (χ1v) is 5.93. The van der Waals surface area contributed by atoms with Crippen LogP contribution in [0.3, 0.4) is 0 Å². The van der Waals surface area contributed by atoms with Gasteiger partial charge in [-0.25, -0.2) is 0 Å². The lowest BCUT2D eigenvalue weighted by molar-refractivity contribution is -0.138. The third-order valence-corrected chi connectivity index (χ3v) is 2.66. The van der Waals surface area contributed by atoms with Crippen molar-refractivity contribution in [2.24, 2.45) is 5.73 Å². The molecule has 19 heavy (non-hydrogen) atoms. The molecule has 4 N–H and O–H groups in total. The maximum absolute atomic E-state index is 11.8. The van der Waals surface area contributed by atoms with Crippen LogP contribution in [0, 0.1) is 0 Å². The first kappa shape index (κ1) is 15.0. The molecule has 0 radical (unpaired) electrons. The van der Waals surface area contributed by atoms with Gasteiger partial charge in [0.1, 0.15) is 5.75 Å². The van der Waals surface area contributed by atoms with Crippen molar-refractivity contribution in [2.45, 2.75) is 25.8 Å². The lowest BCUT2D eigenvalue weighted by Gasteiger charge is -2.14. The molecule has 0 saturated heterocycles. The van der Waals surface area contributed by atoms with E-state index in [1.54, 1.807) is 12.1 Å². The Morgan fingerprint density at radius 2 is 2.16 bits per heavy atom. The van der Waals surface area contributed by atoms with Crippen molar-refractivity contribution in [3.63, 3.8) is 0 Å². The van der Waals surface area contributed by atoms with E-state index in [2.05, 4.69) is 5.32 Å². The maximum Gasteiger partial charge on any atom is 0.305 e. The standard InChI is InChI=1S/C13H18N2O4/c1-3-8-4-5-11(19-2)10(6-8)15-13(18)9(14)7-12(16)17/h4-6,9H,3,7,14H2,1-2H3,(H,15,18)(H,16,17). The highest BCUT2D eigenvalue weighted by Crippen LogP contribution is 2.25. The molecule has 1 amide bonds. The number of amides is 1. The monoisotopic (exact) mass is 266 g/mol. The van der Waals surface area contributed by atoms with Crippen molar-refractivity contribution in [2.75, 3.05) is 12.4 Å². The van der Waals surface area contributed by atoms with E-state index < -0.39 is 24.3 Å². The number of anilines is 1. The molecule has 1 unspecified atom stereocenters. The summed E-state index contributed by atoms with van der Waals surface area (Å²) in [4.78, 5) is 22.3. The number of rotatable bonds is 6. The molecule has 0 saturated carbocycles. The van der Waals surface area contributed by atoms with Crippen LogP contribution >= 0.6 is 0 Å². The van der Waals surface area contributed by atoms with Gasteiger partial charge in [0, 0.05) is 0 Å². The van der Waals surface area contributed by atoms with Gasteiger partial charge in [-0.2, -0.15) is 0 Å². The largest absolute Gasteiger partial charge is 0.495 e. The van der Waals surface area contributed by atoms with Crippen LogP contribution in [-0.4, -0.2) is 30.1 Å². The molecule has 0 aliphatic carbocycles. The van der Waals surface area contributed by atoms with Crippen LogP contribution in [-0.2, 0) is 16.0 Å². The van der Waals surface area contributed by atoms with Gasteiger partial charge in [0.05, 0.1) is 25.3 Å². The minimum atomic E-state index is -1.11. The molecule has 0 aliphatic rings. The fraction of sp³-hybridized carbons (Fsp3) is 0.385. The number of nitrogens with one attached hydrogen (secondary N) is 1. The molecule has 0 heterocycles. The number of aliphatic carboxylic acids is 1. The van der Waals surface area contributed by atoms with Crippen LogP contribution in [0.5, 0.6) is 5.75 Å². The summed E-state index contributed by atoms with van der Waals surface area (Å²) >= 11 is 0. The van der Waals surface area contributed by atoms with Crippen molar-refractivity contribution < 1.29 is 19.4 Å². The molecule has 104 valence electrons. The van der Waals surface area contributed by atoms with Gasteiger partial charge in [0.15, 0.2) is 0 Å². The van der Waals surface area contributed by atoms with Gasteiger partial charge in [-0.1, -0.05) is 13.0 Å². The second-order valence-electron chi connectivity index (χ2n) is 4.08. The Morgan fingerprint density at radius 1 is 1.47 bits per heavy atom. The van der Waals surface area contributed by atoms with Crippen molar-refractivity contribution in [3.8, 4) is 5.75 Å². The number of nitrogens with two attached hydrogens (primary N) is 1. The van der Waals surface area contributed by atoms with E-state index in [4.69, 9.17) is 15.6 Å².